The standard InChI is InChI=1S/C18H19N7/c1-12-9-17(25-18(22-12)20-11-21-25)19-10-16-13(2)23-24(14(16)3)15-7-5-4-6-8-15/h4-9,11,19H,10H2,1-3H3. The summed E-state index contributed by atoms with van der Waals surface area (Å²) in [7, 11) is 0. The summed E-state index contributed by atoms with van der Waals surface area (Å²) in [5.41, 5.74) is 5.27. The molecule has 3 heterocycles. The fraction of sp³-hybridized carbons (Fsp3) is 0.222. The Bertz CT molecular complexity index is 1030. The lowest BCUT2D eigenvalue weighted by Crippen LogP contribution is -2.08. The maximum absolute atomic E-state index is 4.69. The van der Waals surface area contributed by atoms with Crippen molar-refractivity contribution in [2.75, 3.05) is 5.32 Å². The van der Waals surface area contributed by atoms with Crippen LogP contribution in [-0.2, 0) is 6.54 Å². The molecule has 0 aliphatic heterocycles. The van der Waals surface area contributed by atoms with E-state index in [2.05, 4.69) is 39.4 Å². The Morgan fingerprint density at radius 1 is 1.08 bits per heavy atom. The summed E-state index contributed by atoms with van der Waals surface area (Å²) >= 11 is 0. The summed E-state index contributed by atoms with van der Waals surface area (Å²) in [6.45, 7) is 6.73. The van der Waals surface area contributed by atoms with Gasteiger partial charge in [-0.15, -0.1) is 0 Å². The van der Waals surface area contributed by atoms with Crippen molar-refractivity contribution in [1.82, 2.24) is 29.4 Å². The van der Waals surface area contributed by atoms with Crippen LogP contribution in [0.15, 0.2) is 42.7 Å². The third-order valence-corrected chi connectivity index (χ3v) is 4.27. The van der Waals surface area contributed by atoms with Gasteiger partial charge >= 0.3 is 0 Å². The van der Waals surface area contributed by atoms with Crippen molar-refractivity contribution >= 4 is 11.6 Å². The first-order valence-corrected chi connectivity index (χ1v) is 8.15. The van der Waals surface area contributed by atoms with Crippen molar-refractivity contribution in [3.05, 3.63) is 65.4 Å². The lowest BCUT2D eigenvalue weighted by Gasteiger charge is -2.09. The normalized spacial score (nSPS) is 11.2. The van der Waals surface area contributed by atoms with Gasteiger partial charge in [0.25, 0.3) is 5.78 Å². The van der Waals surface area contributed by atoms with Gasteiger partial charge in [-0.2, -0.15) is 19.7 Å². The second-order valence-corrected chi connectivity index (χ2v) is 6.00. The highest BCUT2D eigenvalue weighted by molar-refractivity contribution is 5.46. The second-order valence-electron chi connectivity index (χ2n) is 6.00. The lowest BCUT2D eigenvalue weighted by atomic mass is 10.2. The van der Waals surface area contributed by atoms with E-state index in [1.807, 2.05) is 42.8 Å². The van der Waals surface area contributed by atoms with Crippen molar-refractivity contribution < 1.29 is 0 Å². The lowest BCUT2D eigenvalue weighted by molar-refractivity contribution is 0.832. The van der Waals surface area contributed by atoms with Crippen LogP contribution in [0.25, 0.3) is 11.5 Å². The van der Waals surface area contributed by atoms with Gasteiger partial charge in [-0.3, -0.25) is 0 Å². The number of benzene rings is 1. The second kappa shape index (κ2) is 6.01. The molecule has 0 spiro atoms. The van der Waals surface area contributed by atoms with Crippen LogP contribution in [0.5, 0.6) is 0 Å². The molecule has 3 aromatic heterocycles. The molecule has 0 fully saturated rings. The first-order valence-electron chi connectivity index (χ1n) is 8.15. The van der Waals surface area contributed by atoms with Crippen molar-refractivity contribution in [1.29, 1.82) is 0 Å². The Balaban J connectivity index is 1.65. The quantitative estimate of drug-likeness (QED) is 0.622. The summed E-state index contributed by atoms with van der Waals surface area (Å²) in [5.74, 6) is 1.46. The van der Waals surface area contributed by atoms with Crippen LogP contribution in [0.2, 0.25) is 0 Å². The Labute approximate surface area is 145 Å². The molecule has 4 aromatic rings. The molecule has 0 amide bonds. The highest BCUT2D eigenvalue weighted by atomic mass is 15.4. The molecule has 1 aromatic carbocycles. The van der Waals surface area contributed by atoms with E-state index in [1.165, 1.54) is 11.9 Å². The summed E-state index contributed by atoms with van der Waals surface area (Å²) in [5, 5.41) is 12.4. The molecule has 0 radical (unpaired) electrons. The molecule has 0 atom stereocenters. The summed E-state index contributed by atoms with van der Waals surface area (Å²) in [6.07, 6.45) is 1.51. The van der Waals surface area contributed by atoms with Crippen LogP contribution in [0.3, 0.4) is 0 Å². The monoisotopic (exact) mass is 333 g/mol. The van der Waals surface area contributed by atoms with Crippen molar-refractivity contribution in [2.45, 2.75) is 27.3 Å². The Kier molecular flexibility index (Phi) is 3.68. The zero-order valence-electron chi connectivity index (χ0n) is 14.4. The van der Waals surface area contributed by atoms with E-state index >= 15 is 0 Å². The maximum Gasteiger partial charge on any atom is 0.254 e. The molecule has 25 heavy (non-hydrogen) atoms. The molecule has 1 N–H and O–H groups in total. The van der Waals surface area contributed by atoms with Gasteiger partial charge in [0.1, 0.15) is 12.1 Å². The highest BCUT2D eigenvalue weighted by Crippen LogP contribution is 2.19. The first-order chi connectivity index (χ1) is 12.1. The van der Waals surface area contributed by atoms with Gasteiger partial charge in [-0.25, -0.2) is 9.67 Å². The fourth-order valence-corrected chi connectivity index (χ4v) is 2.99. The number of para-hydroxylation sites is 1. The van der Waals surface area contributed by atoms with Gasteiger partial charge in [-0.1, -0.05) is 18.2 Å². The third-order valence-electron chi connectivity index (χ3n) is 4.27. The zero-order chi connectivity index (χ0) is 17.4. The molecule has 0 saturated carbocycles. The third kappa shape index (κ3) is 2.73. The van der Waals surface area contributed by atoms with Gasteiger partial charge in [0.15, 0.2) is 0 Å². The topological polar surface area (TPSA) is 72.9 Å². The van der Waals surface area contributed by atoms with Crippen molar-refractivity contribution in [2.24, 2.45) is 0 Å². The maximum atomic E-state index is 4.69. The van der Waals surface area contributed by atoms with E-state index in [0.717, 1.165) is 28.6 Å². The van der Waals surface area contributed by atoms with E-state index < -0.39 is 0 Å². The van der Waals surface area contributed by atoms with Crippen molar-refractivity contribution in [3.8, 4) is 5.69 Å². The number of anilines is 1. The molecule has 0 saturated heterocycles. The van der Waals surface area contributed by atoms with Gasteiger partial charge in [0.05, 0.1) is 11.4 Å². The van der Waals surface area contributed by atoms with E-state index in [1.54, 1.807) is 4.52 Å². The molecular formula is C18H19N7. The average Bonchev–Trinajstić information content (AvgIpc) is 3.18. The largest absolute Gasteiger partial charge is 0.366 e. The summed E-state index contributed by atoms with van der Waals surface area (Å²) in [4.78, 5) is 8.52. The van der Waals surface area contributed by atoms with Crippen LogP contribution >= 0.6 is 0 Å². The number of nitrogens with one attached hydrogen (secondary N) is 1. The fourth-order valence-electron chi connectivity index (χ4n) is 2.99. The van der Waals surface area contributed by atoms with Gasteiger partial charge in [0.2, 0.25) is 0 Å². The summed E-state index contributed by atoms with van der Waals surface area (Å²) in [6, 6.07) is 12.1. The molecule has 4 rings (SSSR count). The van der Waals surface area contributed by atoms with Gasteiger partial charge in [-0.05, 0) is 32.9 Å². The number of hydrogen-bond donors (Lipinski definition) is 1. The van der Waals surface area contributed by atoms with E-state index in [4.69, 9.17) is 5.10 Å². The molecule has 7 nitrogen and oxygen atoms in total. The predicted octanol–water partition coefficient (Wildman–Crippen LogP) is 2.85. The molecule has 7 heteroatoms. The average molecular weight is 333 g/mol. The van der Waals surface area contributed by atoms with Gasteiger partial charge < -0.3 is 5.32 Å². The number of rotatable bonds is 4. The predicted molar refractivity (Wildman–Crippen MR) is 95.9 cm³/mol. The van der Waals surface area contributed by atoms with Crippen LogP contribution in [0.1, 0.15) is 22.6 Å². The number of nitrogens with zero attached hydrogens (tertiary/aromatic N) is 6. The molecule has 0 unspecified atom stereocenters. The first kappa shape index (κ1) is 15.3. The number of aromatic nitrogens is 6. The van der Waals surface area contributed by atoms with Crippen molar-refractivity contribution in [3.63, 3.8) is 0 Å². The Morgan fingerprint density at radius 2 is 1.88 bits per heavy atom. The minimum Gasteiger partial charge on any atom is -0.366 e. The summed E-state index contributed by atoms with van der Waals surface area (Å²) < 4.78 is 3.69. The SMILES string of the molecule is Cc1cc(NCc2c(C)nn(-c3ccccc3)c2C)n2ncnc2n1. The minimum absolute atomic E-state index is 0.593. The Morgan fingerprint density at radius 3 is 2.68 bits per heavy atom. The van der Waals surface area contributed by atoms with E-state index in [9.17, 15) is 0 Å². The molecular weight excluding hydrogens is 314 g/mol. The molecule has 0 aliphatic carbocycles. The van der Waals surface area contributed by atoms with Crippen LogP contribution < -0.4 is 5.32 Å². The zero-order valence-corrected chi connectivity index (χ0v) is 14.4. The van der Waals surface area contributed by atoms with Crippen LogP contribution in [0.4, 0.5) is 5.82 Å². The molecule has 126 valence electrons. The van der Waals surface area contributed by atoms with Crippen LogP contribution in [0, 0.1) is 20.8 Å². The Hall–Kier alpha value is -3.22. The number of fused-ring (bicyclic) bond motifs is 1. The van der Waals surface area contributed by atoms with E-state index in [-0.39, 0.29) is 0 Å². The highest BCUT2D eigenvalue weighted by Gasteiger charge is 2.13. The minimum atomic E-state index is 0.593. The molecule has 0 bridgehead atoms. The van der Waals surface area contributed by atoms with E-state index in [0.29, 0.717) is 12.3 Å². The number of hydrogen-bond acceptors (Lipinski definition) is 5. The molecule has 0 aliphatic rings. The van der Waals surface area contributed by atoms with Crippen LogP contribution in [-0.4, -0.2) is 29.4 Å². The number of aryl methyl sites for hydroxylation is 2. The van der Waals surface area contributed by atoms with Gasteiger partial charge in [0, 0.05) is 29.6 Å². The smallest absolute Gasteiger partial charge is 0.254 e.